The molecule has 0 spiro atoms. The number of nitrogens with zero attached hydrogens (tertiary/aromatic N) is 6. The van der Waals surface area contributed by atoms with E-state index < -0.39 is 5.69 Å². The molecule has 0 amide bonds. The zero-order valence-electron chi connectivity index (χ0n) is 9.70. The fourth-order valence-corrected chi connectivity index (χ4v) is 2.14. The van der Waals surface area contributed by atoms with Crippen LogP contribution in [0.4, 0.5) is 0 Å². The van der Waals surface area contributed by atoms with Crippen molar-refractivity contribution in [3.8, 4) is 11.6 Å². The number of fused-ring (bicyclic) bond motifs is 3. The summed E-state index contributed by atoms with van der Waals surface area (Å²) in [4.78, 5) is 18.9. The first-order valence-corrected chi connectivity index (χ1v) is 5.92. The molecule has 3 aromatic heterocycles. The van der Waals surface area contributed by atoms with Crippen LogP contribution in [0, 0.1) is 0 Å². The number of H-pyrrole nitrogens is 2. The van der Waals surface area contributed by atoms with Gasteiger partial charge in [0, 0.05) is 10.4 Å². The van der Waals surface area contributed by atoms with Crippen molar-refractivity contribution in [3.05, 3.63) is 33.7 Å². The van der Waals surface area contributed by atoms with Crippen LogP contribution in [0.3, 0.4) is 0 Å². The Labute approximate surface area is 114 Å². The number of rotatable bonds is 1. The van der Waals surface area contributed by atoms with Gasteiger partial charge < -0.3 is 4.98 Å². The highest BCUT2D eigenvalue weighted by atomic mass is 35.5. The third-order valence-corrected chi connectivity index (χ3v) is 3.06. The van der Waals surface area contributed by atoms with E-state index in [9.17, 15) is 4.79 Å². The average Bonchev–Trinajstić information content (AvgIpc) is 3.08. The van der Waals surface area contributed by atoms with Gasteiger partial charge in [-0.2, -0.15) is 9.50 Å². The fourth-order valence-electron chi connectivity index (χ4n) is 1.97. The molecule has 3 heterocycles. The molecule has 0 aliphatic rings. The molecule has 0 aliphatic heterocycles. The zero-order valence-corrected chi connectivity index (χ0v) is 10.5. The summed E-state index contributed by atoms with van der Waals surface area (Å²) in [7, 11) is 0. The minimum atomic E-state index is -0.496. The quantitative estimate of drug-likeness (QED) is 0.523. The maximum Gasteiger partial charge on any atom is 0.370 e. The Hall–Kier alpha value is -2.81. The molecule has 0 saturated carbocycles. The fraction of sp³-hybridized carbons (Fsp3) is 0. The van der Waals surface area contributed by atoms with Gasteiger partial charge in [-0.1, -0.05) is 11.6 Å². The van der Waals surface area contributed by atoms with Crippen LogP contribution < -0.4 is 5.69 Å². The van der Waals surface area contributed by atoms with E-state index in [1.807, 2.05) is 0 Å². The first-order chi connectivity index (χ1) is 9.72. The number of tetrazole rings is 1. The largest absolute Gasteiger partial charge is 0.370 e. The van der Waals surface area contributed by atoms with Crippen LogP contribution in [0.1, 0.15) is 0 Å². The lowest BCUT2D eigenvalue weighted by Gasteiger charge is -1.98. The van der Waals surface area contributed by atoms with Crippen LogP contribution in [-0.2, 0) is 0 Å². The highest BCUT2D eigenvalue weighted by Crippen LogP contribution is 2.21. The monoisotopic (exact) mass is 288 g/mol. The lowest BCUT2D eigenvalue weighted by Crippen LogP contribution is -2.17. The third kappa shape index (κ3) is 1.50. The van der Waals surface area contributed by atoms with Crippen molar-refractivity contribution >= 4 is 28.2 Å². The van der Waals surface area contributed by atoms with Gasteiger partial charge in [-0.15, -0.1) is 10.2 Å². The van der Waals surface area contributed by atoms with Gasteiger partial charge in [-0.05, 0) is 28.6 Å². The van der Waals surface area contributed by atoms with Crippen LogP contribution >= 0.6 is 11.6 Å². The molecular formula is C10H5ClN8O. The lowest BCUT2D eigenvalue weighted by atomic mass is 10.2. The molecule has 2 N–H and O–H groups in total. The smallest absolute Gasteiger partial charge is 0.319 e. The Bertz CT molecular complexity index is 986. The molecule has 0 bridgehead atoms. The van der Waals surface area contributed by atoms with Gasteiger partial charge in [0.15, 0.2) is 5.82 Å². The van der Waals surface area contributed by atoms with E-state index in [1.54, 1.807) is 18.2 Å². The Morgan fingerprint density at radius 2 is 2.15 bits per heavy atom. The average molecular weight is 289 g/mol. The van der Waals surface area contributed by atoms with Crippen molar-refractivity contribution in [3.63, 3.8) is 0 Å². The highest BCUT2D eigenvalue weighted by molar-refractivity contribution is 6.31. The van der Waals surface area contributed by atoms with Crippen LogP contribution in [0.5, 0.6) is 0 Å². The second-order valence-corrected chi connectivity index (χ2v) is 4.48. The summed E-state index contributed by atoms with van der Waals surface area (Å²) in [6.07, 6.45) is 0. The van der Waals surface area contributed by atoms with E-state index in [0.29, 0.717) is 33.2 Å². The molecule has 10 heteroatoms. The minimum Gasteiger partial charge on any atom is -0.319 e. The molecule has 0 unspecified atom stereocenters. The second kappa shape index (κ2) is 3.84. The first-order valence-electron chi connectivity index (χ1n) is 5.55. The van der Waals surface area contributed by atoms with Crippen molar-refractivity contribution in [2.24, 2.45) is 0 Å². The molecular weight excluding hydrogens is 284 g/mol. The molecule has 20 heavy (non-hydrogen) atoms. The molecule has 1 aromatic carbocycles. The van der Waals surface area contributed by atoms with Crippen molar-refractivity contribution in [1.29, 1.82) is 0 Å². The normalized spacial score (nSPS) is 11.4. The van der Waals surface area contributed by atoms with Gasteiger partial charge in [0.05, 0.1) is 5.52 Å². The van der Waals surface area contributed by atoms with Crippen molar-refractivity contribution in [1.82, 2.24) is 40.2 Å². The SMILES string of the molecule is O=c1nc2ccc(Cl)cc2c2[nH]c(-c3nnn[nH]3)nn12. The molecule has 0 radical (unpaired) electrons. The van der Waals surface area contributed by atoms with Crippen LogP contribution in [0.15, 0.2) is 23.0 Å². The summed E-state index contributed by atoms with van der Waals surface area (Å²) in [6.45, 7) is 0. The van der Waals surface area contributed by atoms with Gasteiger partial charge in [-0.25, -0.2) is 9.89 Å². The first kappa shape index (κ1) is 11.1. The standard InChI is InChI=1S/C10H5ClN8O/c11-4-1-2-6-5(3-4)9-13-7(8-14-17-18-15-8)16-19(9)10(20)12-6/h1-3H,(H,13,16)(H,14,15,17,18). The molecule has 0 saturated heterocycles. The summed E-state index contributed by atoms with van der Waals surface area (Å²) < 4.78 is 1.15. The van der Waals surface area contributed by atoms with Crippen LogP contribution in [-0.4, -0.2) is 40.2 Å². The van der Waals surface area contributed by atoms with E-state index in [2.05, 4.69) is 35.7 Å². The van der Waals surface area contributed by atoms with Gasteiger partial charge in [-0.3, -0.25) is 0 Å². The van der Waals surface area contributed by atoms with Gasteiger partial charge >= 0.3 is 5.69 Å². The Morgan fingerprint density at radius 3 is 2.95 bits per heavy atom. The van der Waals surface area contributed by atoms with E-state index in [-0.39, 0.29) is 0 Å². The lowest BCUT2D eigenvalue weighted by molar-refractivity contribution is 0.881. The molecule has 4 rings (SSSR count). The molecule has 0 aliphatic carbocycles. The summed E-state index contributed by atoms with van der Waals surface area (Å²) in [5.74, 6) is 0.657. The van der Waals surface area contributed by atoms with Gasteiger partial charge in [0.1, 0.15) is 5.65 Å². The van der Waals surface area contributed by atoms with E-state index in [4.69, 9.17) is 11.6 Å². The molecule has 9 nitrogen and oxygen atoms in total. The number of nitrogens with one attached hydrogen (secondary N) is 2. The second-order valence-electron chi connectivity index (χ2n) is 4.04. The Kier molecular flexibility index (Phi) is 2.12. The molecule has 98 valence electrons. The maximum atomic E-state index is 11.9. The summed E-state index contributed by atoms with van der Waals surface area (Å²) in [6, 6.07) is 5.05. The zero-order chi connectivity index (χ0) is 13.7. The number of hydrogen-bond donors (Lipinski definition) is 2. The number of benzene rings is 1. The highest BCUT2D eigenvalue weighted by Gasteiger charge is 2.13. The number of aromatic nitrogens is 8. The topological polar surface area (TPSA) is 118 Å². The number of aromatic amines is 2. The maximum absolute atomic E-state index is 11.9. The van der Waals surface area contributed by atoms with E-state index >= 15 is 0 Å². The van der Waals surface area contributed by atoms with E-state index in [1.165, 1.54) is 0 Å². The molecule has 4 aromatic rings. The van der Waals surface area contributed by atoms with Gasteiger partial charge in [0.2, 0.25) is 5.82 Å². The van der Waals surface area contributed by atoms with E-state index in [0.717, 1.165) is 4.52 Å². The van der Waals surface area contributed by atoms with Crippen LogP contribution in [0.25, 0.3) is 28.2 Å². The van der Waals surface area contributed by atoms with Crippen molar-refractivity contribution in [2.75, 3.05) is 0 Å². The number of hydrogen-bond acceptors (Lipinski definition) is 6. The predicted octanol–water partition coefficient (Wildman–Crippen LogP) is 0.404. The predicted molar refractivity (Wildman–Crippen MR) is 69.3 cm³/mol. The Morgan fingerprint density at radius 1 is 1.25 bits per heavy atom. The summed E-state index contributed by atoms with van der Waals surface area (Å²) in [5, 5.41) is 18.6. The summed E-state index contributed by atoms with van der Waals surface area (Å²) in [5.41, 5.74) is 0.518. The molecule has 0 atom stereocenters. The van der Waals surface area contributed by atoms with Crippen LogP contribution in [0.2, 0.25) is 5.02 Å². The molecule has 0 fully saturated rings. The summed E-state index contributed by atoms with van der Waals surface area (Å²) >= 11 is 5.98. The minimum absolute atomic E-state index is 0.322. The van der Waals surface area contributed by atoms with Crippen molar-refractivity contribution in [2.45, 2.75) is 0 Å². The van der Waals surface area contributed by atoms with Gasteiger partial charge in [0.25, 0.3) is 0 Å². The van der Waals surface area contributed by atoms with Crippen molar-refractivity contribution < 1.29 is 0 Å². The third-order valence-electron chi connectivity index (χ3n) is 2.83. The number of halogens is 1. The Balaban J connectivity index is 2.15.